The van der Waals surface area contributed by atoms with E-state index in [9.17, 15) is 8.42 Å². The van der Waals surface area contributed by atoms with Gasteiger partial charge in [-0.25, -0.2) is 23.1 Å². The van der Waals surface area contributed by atoms with Crippen LogP contribution in [-0.4, -0.2) is 31.5 Å². The Balaban J connectivity index is 1.47. The summed E-state index contributed by atoms with van der Waals surface area (Å²) < 4.78 is 28.1. The fraction of sp³-hybridized carbons (Fsp3) is 0.304. The molecule has 1 aliphatic rings. The van der Waals surface area contributed by atoms with Crippen LogP contribution in [0.4, 0.5) is 5.82 Å². The Kier molecular flexibility index (Phi) is 6.11. The van der Waals surface area contributed by atoms with Gasteiger partial charge < -0.3 is 4.90 Å². The zero-order valence-electron chi connectivity index (χ0n) is 17.1. The average molecular weight is 423 g/mol. The number of piperidine rings is 1. The van der Waals surface area contributed by atoms with Crippen molar-refractivity contribution in [1.82, 2.24) is 14.7 Å². The summed E-state index contributed by atoms with van der Waals surface area (Å²) in [6.07, 6.45) is 3.56. The van der Waals surface area contributed by atoms with E-state index in [4.69, 9.17) is 0 Å². The van der Waals surface area contributed by atoms with Crippen LogP contribution in [0.3, 0.4) is 0 Å². The van der Waals surface area contributed by atoms with Gasteiger partial charge >= 0.3 is 0 Å². The van der Waals surface area contributed by atoms with Crippen molar-refractivity contribution in [3.63, 3.8) is 0 Å². The van der Waals surface area contributed by atoms with E-state index in [1.54, 1.807) is 12.1 Å². The molecule has 3 aromatic rings. The van der Waals surface area contributed by atoms with E-state index in [0.29, 0.717) is 5.82 Å². The number of aromatic nitrogens is 2. The Labute approximate surface area is 178 Å². The highest BCUT2D eigenvalue weighted by Crippen LogP contribution is 2.21. The van der Waals surface area contributed by atoms with E-state index in [-0.39, 0.29) is 11.4 Å². The molecule has 4 rings (SSSR count). The number of rotatable bonds is 6. The Morgan fingerprint density at radius 2 is 1.57 bits per heavy atom. The molecule has 2 heterocycles. The number of hydrogen-bond acceptors (Lipinski definition) is 5. The van der Waals surface area contributed by atoms with Crippen LogP contribution in [0.15, 0.2) is 65.6 Å². The van der Waals surface area contributed by atoms with Crippen molar-refractivity contribution in [3.8, 4) is 11.1 Å². The van der Waals surface area contributed by atoms with Crippen LogP contribution in [0.1, 0.15) is 30.8 Å². The highest BCUT2D eigenvalue weighted by atomic mass is 32.2. The molecular weight excluding hydrogens is 396 g/mol. The van der Waals surface area contributed by atoms with Gasteiger partial charge in [-0.2, -0.15) is 0 Å². The summed E-state index contributed by atoms with van der Waals surface area (Å²) in [5.74, 6) is 1.36. The highest BCUT2D eigenvalue weighted by Gasteiger charge is 2.17. The van der Waals surface area contributed by atoms with E-state index in [1.807, 2.05) is 55.5 Å². The molecule has 156 valence electrons. The largest absolute Gasteiger partial charge is 0.357 e. The fourth-order valence-corrected chi connectivity index (χ4v) is 4.66. The van der Waals surface area contributed by atoms with Gasteiger partial charge in [-0.1, -0.05) is 42.5 Å². The lowest BCUT2D eigenvalue weighted by atomic mass is 10.1. The summed E-state index contributed by atoms with van der Waals surface area (Å²) in [4.78, 5) is 11.5. The predicted molar refractivity (Wildman–Crippen MR) is 119 cm³/mol. The molecule has 0 spiro atoms. The summed E-state index contributed by atoms with van der Waals surface area (Å²) in [5.41, 5.74) is 2.86. The molecule has 30 heavy (non-hydrogen) atoms. The van der Waals surface area contributed by atoms with Crippen LogP contribution in [-0.2, 0) is 16.6 Å². The molecule has 7 heteroatoms. The van der Waals surface area contributed by atoms with Crippen LogP contribution < -0.4 is 9.62 Å². The lowest BCUT2D eigenvalue weighted by molar-refractivity contribution is 0.569. The van der Waals surface area contributed by atoms with Gasteiger partial charge in [0.05, 0.1) is 11.4 Å². The molecule has 0 atom stereocenters. The summed E-state index contributed by atoms with van der Waals surface area (Å²) in [6.45, 7) is 3.94. The third kappa shape index (κ3) is 4.86. The van der Waals surface area contributed by atoms with Crippen molar-refractivity contribution in [2.24, 2.45) is 0 Å². The molecule has 0 unspecified atom stereocenters. The summed E-state index contributed by atoms with van der Waals surface area (Å²) in [7, 11) is -3.65. The number of nitrogens with zero attached hydrogens (tertiary/aromatic N) is 3. The Hall–Kier alpha value is -2.77. The van der Waals surface area contributed by atoms with E-state index < -0.39 is 10.0 Å². The van der Waals surface area contributed by atoms with Crippen LogP contribution in [0.5, 0.6) is 0 Å². The van der Waals surface area contributed by atoms with Gasteiger partial charge in [0.2, 0.25) is 10.0 Å². The first-order valence-corrected chi connectivity index (χ1v) is 11.7. The minimum atomic E-state index is -3.65. The van der Waals surface area contributed by atoms with Crippen LogP contribution in [0.2, 0.25) is 0 Å². The second-order valence-electron chi connectivity index (χ2n) is 7.55. The van der Waals surface area contributed by atoms with Gasteiger partial charge in [-0.05, 0) is 49.4 Å². The van der Waals surface area contributed by atoms with Crippen molar-refractivity contribution in [2.75, 3.05) is 18.0 Å². The second kappa shape index (κ2) is 8.93. The van der Waals surface area contributed by atoms with Crippen molar-refractivity contribution >= 4 is 15.8 Å². The first-order chi connectivity index (χ1) is 14.5. The monoisotopic (exact) mass is 422 g/mol. The smallest absolute Gasteiger partial charge is 0.240 e. The van der Waals surface area contributed by atoms with Crippen molar-refractivity contribution in [1.29, 1.82) is 0 Å². The number of hydrogen-bond donors (Lipinski definition) is 1. The quantitative estimate of drug-likeness (QED) is 0.652. The van der Waals surface area contributed by atoms with Gasteiger partial charge in [0, 0.05) is 24.8 Å². The molecule has 0 radical (unpaired) electrons. The maximum absolute atomic E-state index is 12.7. The molecule has 1 N–H and O–H groups in total. The van der Waals surface area contributed by atoms with Crippen LogP contribution in [0.25, 0.3) is 11.1 Å². The maximum Gasteiger partial charge on any atom is 0.240 e. The van der Waals surface area contributed by atoms with Crippen molar-refractivity contribution in [2.45, 2.75) is 37.6 Å². The molecule has 6 nitrogen and oxygen atoms in total. The van der Waals surface area contributed by atoms with E-state index >= 15 is 0 Å². The summed E-state index contributed by atoms with van der Waals surface area (Å²) in [6, 6.07) is 18.7. The Bertz CT molecular complexity index is 1090. The third-order valence-corrected chi connectivity index (χ3v) is 6.68. The standard InChI is InChI=1S/C23H26N4O2S/c1-18-16-23(27-14-6-3-7-15-27)26-22(25-18)17-24-30(28,29)21-12-10-20(11-13-21)19-8-4-2-5-9-19/h2,4-5,8-13,16,24H,3,6-7,14-15,17H2,1H3. The van der Waals surface area contributed by atoms with Gasteiger partial charge in [-0.15, -0.1) is 0 Å². The van der Waals surface area contributed by atoms with Crippen LogP contribution >= 0.6 is 0 Å². The van der Waals surface area contributed by atoms with Gasteiger partial charge in [0.1, 0.15) is 11.6 Å². The van der Waals surface area contributed by atoms with E-state index in [1.165, 1.54) is 6.42 Å². The number of sulfonamides is 1. The Morgan fingerprint density at radius 3 is 2.27 bits per heavy atom. The van der Waals surface area contributed by atoms with E-state index in [0.717, 1.165) is 48.6 Å². The molecule has 0 aliphatic carbocycles. The summed E-state index contributed by atoms with van der Waals surface area (Å²) in [5, 5.41) is 0. The zero-order valence-corrected chi connectivity index (χ0v) is 17.9. The van der Waals surface area contributed by atoms with Gasteiger partial charge in [-0.3, -0.25) is 0 Å². The minimum Gasteiger partial charge on any atom is -0.357 e. The zero-order chi connectivity index (χ0) is 21.0. The normalized spacial score (nSPS) is 14.6. The fourth-order valence-electron chi connectivity index (χ4n) is 3.68. The third-order valence-electron chi connectivity index (χ3n) is 5.26. The first kappa shape index (κ1) is 20.5. The molecule has 1 aliphatic heterocycles. The molecule has 0 saturated carbocycles. The van der Waals surface area contributed by atoms with E-state index in [2.05, 4.69) is 19.6 Å². The SMILES string of the molecule is Cc1cc(N2CCCCC2)nc(CNS(=O)(=O)c2ccc(-c3ccccc3)cc2)n1. The molecule has 1 saturated heterocycles. The van der Waals surface area contributed by atoms with Crippen molar-refractivity contribution < 1.29 is 8.42 Å². The van der Waals surface area contributed by atoms with Crippen molar-refractivity contribution in [3.05, 3.63) is 72.2 Å². The number of aryl methyl sites for hydroxylation is 1. The Morgan fingerprint density at radius 1 is 0.900 bits per heavy atom. The van der Waals surface area contributed by atoms with Crippen LogP contribution in [0, 0.1) is 6.92 Å². The average Bonchev–Trinajstić information content (AvgIpc) is 2.79. The molecule has 1 aromatic heterocycles. The number of benzene rings is 2. The number of nitrogens with one attached hydrogen (secondary N) is 1. The first-order valence-electron chi connectivity index (χ1n) is 10.3. The van der Waals surface area contributed by atoms with Gasteiger partial charge in [0.15, 0.2) is 0 Å². The molecule has 1 fully saturated rings. The molecule has 0 amide bonds. The molecule has 0 bridgehead atoms. The highest BCUT2D eigenvalue weighted by molar-refractivity contribution is 7.89. The maximum atomic E-state index is 12.7. The van der Waals surface area contributed by atoms with Gasteiger partial charge in [0.25, 0.3) is 0 Å². The number of anilines is 1. The molecular formula is C23H26N4O2S. The molecule has 2 aromatic carbocycles. The lowest BCUT2D eigenvalue weighted by Gasteiger charge is -2.28. The topological polar surface area (TPSA) is 75.2 Å². The predicted octanol–water partition coefficient (Wildman–Crippen LogP) is 3.92. The summed E-state index contributed by atoms with van der Waals surface area (Å²) >= 11 is 0. The minimum absolute atomic E-state index is 0.0608. The lowest BCUT2D eigenvalue weighted by Crippen LogP contribution is -2.31. The second-order valence-corrected chi connectivity index (χ2v) is 9.31.